The fourth-order valence-electron chi connectivity index (χ4n) is 2.83. The smallest absolute Gasteiger partial charge is 0.257 e. The summed E-state index contributed by atoms with van der Waals surface area (Å²) in [7, 11) is 0. The van der Waals surface area contributed by atoms with Gasteiger partial charge in [0.25, 0.3) is 5.91 Å². The highest BCUT2D eigenvalue weighted by Crippen LogP contribution is 2.21. The molecule has 5 nitrogen and oxygen atoms in total. The predicted molar refractivity (Wildman–Crippen MR) is 108 cm³/mol. The molecule has 0 fully saturated rings. The van der Waals surface area contributed by atoms with E-state index in [1.54, 1.807) is 30.5 Å². The Morgan fingerprint density at radius 1 is 0.929 bits per heavy atom. The van der Waals surface area contributed by atoms with Crippen LogP contribution in [0.3, 0.4) is 0 Å². The summed E-state index contributed by atoms with van der Waals surface area (Å²) in [6.45, 7) is 0.514. The number of anilines is 2. The van der Waals surface area contributed by atoms with E-state index >= 15 is 0 Å². The molecule has 0 unspecified atom stereocenters. The fraction of sp³-hybridized carbons (Fsp3) is 0.0455. The van der Waals surface area contributed by atoms with Crippen molar-refractivity contribution in [2.45, 2.75) is 6.54 Å². The third-order valence-electron chi connectivity index (χ3n) is 4.29. The molecular formula is C22H17FN4O. The molecule has 28 heavy (non-hydrogen) atoms. The molecule has 0 aliphatic heterocycles. The number of hydrogen-bond donors (Lipinski definition) is 2. The predicted octanol–water partition coefficient (Wildman–Crippen LogP) is 4.63. The molecule has 0 aliphatic carbocycles. The SMILES string of the molecule is O=C(Nc1cccc2cccnc12)c1ccc(NCc2ccc(F)cc2)nc1. The molecule has 138 valence electrons. The molecule has 0 aliphatic rings. The summed E-state index contributed by atoms with van der Waals surface area (Å²) in [5.41, 5.74) is 2.78. The largest absolute Gasteiger partial charge is 0.366 e. The second kappa shape index (κ2) is 7.84. The number of carbonyl (C=O) groups is 1. The first-order valence-corrected chi connectivity index (χ1v) is 8.78. The van der Waals surface area contributed by atoms with Crippen LogP contribution in [-0.4, -0.2) is 15.9 Å². The lowest BCUT2D eigenvalue weighted by Crippen LogP contribution is -2.13. The molecule has 2 N–H and O–H groups in total. The highest BCUT2D eigenvalue weighted by molar-refractivity contribution is 6.08. The van der Waals surface area contributed by atoms with Gasteiger partial charge in [0, 0.05) is 24.3 Å². The molecule has 0 spiro atoms. The van der Waals surface area contributed by atoms with Crippen LogP contribution in [0.1, 0.15) is 15.9 Å². The molecule has 0 radical (unpaired) electrons. The Labute approximate surface area is 161 Å². The summed E-state index contributed by atoms with van der Waals surface area (Å²) >= 11 is 0. The summed E-state index contributed by atoms with van der Waals surface area (Å²) in [4.78, 5) is 21.2. The second-order valence-electron chi connectivity index (χ2n) is 6.25. The van der Waals surface area contributed by atoms with Crippen molar-refractivity contribution in [3.63, 3.8) is 0 Å². The number of amides is 1. The Balaban J connectivity index is 1.43. The molecule has 1 amide bonds. The van der Waals surface area contributed by atoms with Crippen LogP contribution in [0.2, 0.25) is 0 Å². The highest BCUT2D eigenvalue weighted by Gasteiger charge is 2.09. The second-order valence-corrected chi connectivity index (χ2v) is 6.25. The van der Waals surface area contributed by atoms with Gasteiger partial charge >= 0.3 is 0 Å². The molecule has 2 aromatic heterocycles. The number of fused-ring (bicyclic) bond motifs is 1. The first kappa shape index (κ1) is 17.6. The van der Waals surface area contributed by atoms with E-state index in [4.69, 9.17) is 0 Å². The van der Waals surface area contributed by atoms with Crippen molar-refractivity contribution in [3.8, 4) is 0 Å². The van der Waals surface area contributed by atoms with Crippen LogP contribution in [0.5, 0.6) is 0 Å². The number of halogens is 1. The maximum Gasteiger partial charge on any atom is 0.257 e. The van der Waals surface area contributed by atoms with Crippen molar-refractivity contribution in [2.75, 3.05) is 10.6 Å². The fourth-order valence-corrected chi connectivity index (χ4v) is 2.83. The van der Waals surface area contributed by atoms with Crippen LogP contribution in [-0.2, 0) is 6.54 Å². The molecule has 0 saturated heterocycles. The minimum Gasteiger partial charge on any atom is -0.366 e. The summed E-state index contributed by atoms with van der Waals surface area (Å²) in [5, 5.41) is 6.99. The van der Waals surface area contributed by atoms with E-state index in [2.05, 4.69) is 20.6 Å². The van der Waals surface area contributed by atoms with Gasteiger partial charge in [-0.3, -0.25) is 9.78 Å². The number of hydrogen-bond acceptors (Lipinski definition) is 4. The number of nitrogens with one attached hydrogen (secondary N) is 2. The van der Waals surface area contributed by atoms with Gasteiger partial charge in [0.1, 0.15) is 11.6 Å². The number of nitrogens with zero attached hydrogens (tertiary/aromatic N) is 2. The summed E-state index contributed by atoms with van der Waals surface area (Å²) in [6, 6.07) is 19.1. The lowest BCUT2D eigenvalue weighted by Gasteiger charge is -2.09. The minimum absolute atomic E-state index is 0.254. The molecule has 0 saturated carbocycles. The van der Waals surface area contributed by atoms with Gasteiger partial charge in [0.15, 0.2) is 0 Å². The number of aromatic nitrogens is 2. The van der Waals surface area contributed by atoms with E-state index in [1.165, 1.54) is 18.3 Å². The number of para-hydroxylation sites is 1. The standard InChI is InChI=1S/C22H17FN4O/c23-18-9-6-15(7-10-18)13-25-20-11-8-17(14-26-20)22(28)27-19-5-1-3-16-4-2-12-24-21(16)19/h1-12,14H,13H2,(H,25,26)(H,27,28). The van der Waals surface area contributed by atoms with Crippen molar-refractivity contribution in [2.24, 2.45) is 0 Å². The third kappa shape index (κ3) is 3.96. The number of rotatable bonds is 5. The van der Waals surface area contributed by atoms with Crippen LogP contribution >= 0.6 is 0 Å². The van der Waals surface area contributed by atoms with Crippen molar-refractivity contribution < 1.29 is 9.18 Å². The summed E-state index contributed by atoms with van der Waals surface area (Å²) < 4.78 is 12.9. The Bertz CT molecular complexity index is 1110. The zero-order chi connectivity index (χ0) is 19.3. The molecule has 0 atom stereocenters. The van der Waals surface area contributed by atoms with Crippen LogP contribution in [0.25, 0.3) is 10.9 Å². The Morgan fingerprint density at radius 2 is 1.75 bits per heavy atom. The van der Waals surface area contributed by atoms with E-state index in [0.717, 1.165) is 16.5 Å². The van der Waals surface area contributed by atoms with Gasteiger partial charge in [-0.05, 0) is 42.0 Å². The van der Waals surface area contributed by atoms with E-state index in [1.807, 2.05) is 30.3 Å². The normalized spacial score (nSPS) is 10.6. The average molecular weight is 372 g/mol. The van der Waals surface area contributed by atoms with Gasteiger partial charge in [-0.1, -0.05) is 30.3 Å². The first-order valence-electron chi connectivity index (χ1n) is 8.78. The highest BCUT2D eigenvalue weighted by atomic mass is 19.1. The van der Waals surface area contributed by atoms with Gasteiger partial charge in [-0.15, -0.1) is 0 Å². The first-order chi connectivity index (χ1) is 13.7. The van der Waals surface area contributed by atoms with Gasteiger partial charge in [0.05, 0.1) is 16.8 Å². The third-order valence-corrected chi connectivity index (χ3v) is 4.29. The van der Waals surface area contributed by atoms with Crippen molar-refractivity contribution in [3.05, 3.63) is 96.1 Å². The van der Waals surface area contributed by atoms with Gasteiger partial charge in [-0.2, -0.15) is 0 Å². The van der Waals surface area contributed by atoms with Crippen LogP contribution < -0.4 is 10.6 Å². The lowest BCUT2D eigenvalue weighted by molar-refractivity contribution is 0.102. The molecule has 2 aromatic carbocycles. The summed E-state index contributed by atoms with van der Waals surface area (Å²) in [5.74, 6) is 0.113. The average Bonchev–Trinajstić information content (AvgIpc) is 2.74. The molecular weight excluding hydrogens is 355 g/mol. The zero-order valence-electron chi connectivity index (χ0n) is 14.9. The maximum absolute atomic E-state index is 12.9. The Morgan fingerprint density at radius 3 is 2.54 bits per heavy atom. The van der Waals surface area contributed by atoms with Crippen molar-refractivity contribution in [1.29, 1.82) is 0 Å². The number of benzene rings is 2. The molecule has 4 rings (SSSR count). The van der Waals surface area contributed by atoms with Gasteiger partial charge in [-0.25, -0.2) is 9.37 Å². The quantitative estimate of drug-likeness (QED) is 0.536. The minimum atomic E-state index is -0.265. The lowest BCUT2D eigenvalue weighted by atomic mass is 10.2. The number of carbonyl (C=O) groups excluding carboxylic acids is 1. The molecule has 2 heterocycles. The van der Waals surface area contributed by atoms with Crippen molar-refractivity contribution in [1.82, 2.24) is 9.97 Å². The topological polar surface area (TPSA) is 66.9 Å². The Kier molecular flexibility index (Phi) is 4.93. The van der Waals surface area contributed by atoms with E-state index in [-0.39, 0.29) is 11.7 Å². The monoisotopic (exact) mass is 372 g/mol. The van der Waals surface area contributed by atoms with Gasteiger partial charge in [0.2, 0.25) is 0 Å². The van der Waals surface area contributed by atoms with E-state index in [9.17, 15) is 9.18 Å². The Hall–Kier alpha value is -3.80. The molecule has 4 aromatic rings. The number of pyridine rings is 2. The summed E-state index contributed by atoms with van der Waals surface area (Å²) in [6.07, 6.45) is 3.21. The van der Waals surface area contributed by atoms with E-state index < -0.39 is 0 Å². The van der Waals surface area contributed by atoms with Crippen LogP contribution in [0, 0.1) is 5.82 Å². The van der Waals surface area contributed by atoms with E-state index in [0.29, 0.717) is 23.6 Å². The molecule has 6 heteroatoms. The van der Waals surface area contributed by atoms with Crippen molar-refractivity contribution >= 4 is 28.3 Å². The molecule has 0 bridgehead atoms. The van der Waals surface area contributed by atoms with Gasteiger partial charge < -0.3 is 10.6 Å². The van der Waals surface area contributed by atoms with Crippen LogP contribution in [0.15, 0.2) is 79.1 Å². The van der Waals surface area contributed by atoms with Crippen LogP contribution in [0.4, 0.5) is 15.9 Å². The zero-order valence-corrected chi connectivity index (χ0v) is 14.9. The maximum atomic E-state index is 12.9.